The zero-order valence-corrected chi connectivity index (χ0v) is 36.4. The van der Waals surface area contributed by atoms with Crippen LogP contribution in [0.15, 0.2) is 24.5 Å². The van der Waals surface area contributed by atoms with E-state index in [0.717, 1.165) is 44.9 Å². The van der Waals surface area contributed by atoms with Crippen molar-refractivity contribution in [2.45, 2.75) is 206 Å². The molecule has 0 rings (SSSR count). The average Bonchev–Trinajstić information content (AvgIpc) is 3.11. The molecular weight excluding hydrogens is 685 g/mol. The first-order chi connectivity index (χ1) is 25.6. The molecule has 0 aliphatic heterocycles. The van der Waals surface area contributed by atoms with Crippen molar-refractivity contribution in [3.63, 3.8) is 0 Å². The van der Waals surface area contributed by atoms with Gasteiger partial charge in [0.05, 0.1) is 34.0 Å². The third-order valence-electron chi connectivity index (χ3n) is 9.57. The van der Waals surface area contributed by atoms with Gasteiger partial charge in [0.1, 0.15) is 19.8 Å². The monoisotopic (exact) mass is 772 g/mol. The molecule has 0 aromatic heterocycles. The third kappa shape index (κ3) is 41.8. The minimum Gasteiger partial charge on any atom is -0.756 e. The summed E-state index contributed by atoms with van der Waals surface area (Å²) >= 11 is 0. The lowest BCUT2D eigenvalue weighted by Crippen LogP contribution is -2.37. The number of quaternary nitrogens is 1. The van der Waals surface area contributed by atoms with E-state index in [0.29, 0.717) is 11.0 Å². The summed E-state index contributed by atoms with van der Waals surface area (Å²) < 4.78 is 34.3. The van der Waals surface area contributed by atoms with E-state index in [9.17, 15) is 14.3 Å². The van der Waals surface area contributed by atoms with Gasteiger partial charge in [-0.2, -0.15) is 0 Å². The van der Waals surface area contributed by atoms with Gasteiger partial charge in [-0.15, -0.1) is 0 Å². The number of carbonyl (C=O) groups is 1. The SMILES string of the molecule is CCCCCC/C=C/CCCCCCCC(=O)O[C@H](CO/C=C/CCCCCCCCCCCCCCCCCC)COP(=O)([O-])OCC[N+](C)(C)C. The summed E-state index contributed by atoms with van der Waals surface area (Å²) in [6.07, 6.45) is 42.8. The summed E-state index contributed by atoms with van der Waals surface area (Å²) in [5.41, 5.74) is 0. The maximum absolute atomic E-state index is 12.6. The van der Waals surface area contributed by atoms with Crippen molar-refractivity contribution in [2.75, 3.05) is 47.5 Å². The summed E-state index contributed by atoms with van der Waals surface area (Å²) in [6, 6.07) is 0. The van der Waals surface area contributed by atoms with Crippen LogP contribution in [0.1, 0.15) is 200 Å². The zero-order chi connectivity index (χ0) is 39.1. The molecule has 0 aromatic rings. The number of carbonyl (C=O) groups excluding carboxylic acids is 1. The number of unbranched alkanes of at least 4 members (excludes halogenated alkanes) is 25. The van der Waals surface area contributed by atoms with Crippen LogP contribution >= 0.6 is 7.82 Å². The maximum Gasteiger partial charge on any atom is 0.306 e. The molecule has 53 heavy (non-hydrogen) atoms. The Balaban J connectivity index is 4.25. The molecule has 0 spiro atoms. The third-order valence-corrected chi connectivity index (χ3v) is 10.5. The van der Waals surface area contributed by atoms with E-state index in [-0.39, 0.29) is 32.2 Å². The van der Waals surface area contributed by atoms with Gasteiger partial charge in [0.15, 0.2) is 6.10 Å². The number of rotatable bonds is 41. The second kappa shape index (κ2) is 37.7. The number of allylic oxidation sites excluding steroid dienone is 3. The Morgan fingerprint density at radius 3 is 1.47 bits per heavy atom. The van der Waals surface area contributed by atoms with Gasteiger partial charge in [0.2, 0.25) is 0 Å². The molecule has 2 atom stereocenters. The fraction of sp³-hybridized carbons (Fsp3) is 0.886. The Hall–Kier alpha value is -1.18. The topological polar surface area (TPSA) is 94.1 Å². The number of phosphoric acid groups is 1. The van der Waals surface area contributed by atoms with Crippen molar-refractivity contribution < 1.29 is 37.3 Å². The Labute approximate surface area is 328 Å². The molecule has 0 heterocycles. The molecular formula is C44H86NO7P. The summed E-state index contributed by atoms with van der Waals surface area (Å²) in [6.45, 7) is 4.73. The lowest BCUT2D eigenvalue weighted by atomic mass is 10.0. The number of hydrogen-bond acceptors (Lipinski definition) is 7. The molecule has 314 valence electrons. The van der Waals surface area contributed by atoms with Crippen LogP contribution in [0.4, 0.5) is 0 Å². The average molecular weight is 772 g/mol. The van der Waals surface area contributed by atoms with Crippen molar-refractivity contribution in [1.82, 2.24) is 0 Å². The standard InChI is InChI=1S/C44H86NO7P/c1-6-8-10-12-14-16-18-20-21-22-23-24-26-28-30-32-34-36-39-49-41-43(42-51-53(47,48)50-40-38-45(3,4)5)52-44(46)37-35-33-31-29-27-25-19-17-15-13-11-9-7-2/h17,19,36,39,43H,6-16,18,20-35,37-38,40-42H2,1-5H3/b19-17+,39-36+/t43-/m1/s1. The number of ether oxygens (including phenoxy) is 2. The Kier molecular flexibility index (Phi) is 36.9. The smallest absolute Gasteiger partial charge is 0.306 e. The summed E-state index contributed by atoms with van der Waals surface area (Å²) in [5.74, 6) is -0.364. The molecule has 0 saturated heterocycles. The van der Waals surface area contributed by atoms with Gasteiger partial charge in [-0.05, 0) is 51.0 Å². The van der Waals surface area contributed by atoms with Crippen LogP contribution in [0, 0.1) is 0 Å². The quantitative estimate of drug-likeness (QED) is 0.0152. The first-order valence-electron chi connectivity index (χ1n) is 22.1. The van der Waals surface area contributed by atoms with Crippen LogP contribution in [0.2, 0.25) is 0 Å². The van der Waals surface area contributed by atoms with Gasteiger partial charge in [0.25, 0.3) is 7.82 Å². The molecule has 8 nitrogen and oxygen atoms in total. The Bertz CT molecular complexity index is 905. The van der Waals surface area contributed by atoms with Crippen LogP contribution in [0.3, 0.4) is 0 Å². The number of phosphoric ester groups is 1. The van der Waals surface area contributed by atoms with Gasteiger partial charge in [-0.1, -0.05) is 161 Å². The van der Waals surface area contributed by atoms with Gasteiger partial charge < -0.3 is 27.9 Å². The number of likely N-dealkylation sites (N-methyl/N-ethyl adjacent to an activating group) is 1. The van der Waals surface area contributed by atoms with Crippen molar-refractivity contribution in [3.8, 4) is 0 Å². The lowest BCUT2D eigenvalue weighted by molar-refractivity contribution is -0.870. The fourth-order valence-electron chi connectivity index (χ4n) is 6.09. The molecule has 1 unspecified atom stereocenters. The molecule has 0 radical (unpaired) electrons. The van der Waals surface area contributed by atoms with E-state index >= 15 is 0 Å². The normalized spacial score (nSPS) is 13.9. The molecule has 0 amide bonds. The maximum atomic E-state index is 12.6. The molecule has 0 fully saturated rings. The second-order valence-corrected chi connectivity index (χ2v) is 17.5. The molecule has 9 heteroatoms. The van der Waals surface area contributed by atoms with Gasteiger partial charge in [-0.25, -0.2) is 0 Å². The molecule has 0 aromatic carbocycles. The van der Waals surface area contributed by atoms with Crippen LogP contribution in [-0.4, -0.2) is 64.1 Å². The first kappa shape index (κ1) is 51.8. The van der Waals surface area contributed by atoms with E-state index < -0.39 is 13.9 Å². The van der Waals surface area contributed by atoms with Crippen LogP contribution in [0.5, 0.6) is 0 Å². The Morgan fingerprint density at radius 1 is 0.585 bits per heavy atom. The minimum absolute atomic E-state index is 0.0165. The molecule has 0 aliphatic rings. The summed E-state index contributed by atoms with van der Waals surface area (Å²) in [5, 5.41) is 0. The van der Waals surface area contributed by atoms with Crippen molar-refractivity contribution >= 4 is 13.8 Å². The Morgan fingerprint density at radius 2 is 1.00 bits per heavy atom. The van der Waals surface area contributed by atoms with Crippen molar-refractivity contribution in [3.05, 3.63) is 24.5 Å². The molecule has 0 saturated carbocycles. The van der Waals surface area contributed by atoms with E-state index in [4.69, 9.17) is 18.5 Å². The lowest BCUT2D eigenvalue weighted by Gasteiger charge is -2.28. The summed E-state index contributed by atoms with van der Waals surface area (Å²) in [7, 11) is 1.32. The number of hydrogen-bond donors (Lipinski definition) is 0. The highest BCUT2D eigenvalue weighted by molar-refractivity contribution is 7.45. The van der Waals surface area contributed by atoms with E-state index in [1.165, 1.54) is 135 Å². The van der Waals surface area contributed by atoms with E-state index in [2.05, 4.69) is 26.0 Å². The van der Waals surface area contributed by atoms with Crippen molar-refractivity contribution in [1.29, 1.82) is 0 Å². The first-order valence-corrected chi connectivity index (χ1v) is 23.6. The molecule has 0 N–H and O–H groups in total. The second-order valence-electron chi connectivity index (χ2n) is 16.1. The highest BCUT2D eigenvalue weighted by Gasteiger charge is 2.20. The zero-order valence-electron chi connectivity index (χ0n) is 35.5. The predicted octanol–water partition coefficient (Wildman–Crippen LogP) is 12.5. The van der Waals surface area contributed by atoms with E-state index in [1.54, 1.807) is 6.26 Å². The van der Waals surface area contributed by atoms with Gasteiger partial charge in [0, 0.05) is 6.42 Å². The highest BCUT2D eigenvalue weighted by atomic mass is 31.2. The number of esters is 1. The van der Waals surface area contributed by atoms with Gasteiger partial charge >= 0.3 is 5.97 Å². The van der Waals surface area contributed by atoms with E-state index in [1.807, 2.05) is 27.2 Å². The molecule has 0 aliphatic carbocycles. The number of nitrogens with zero attached hydrogens (tertiary/aromatic N) is 1. The van der Waals surface area contributed by atoms with Crippen LogP contribution in [0.25, 0.3) is 0 Å². The van der Waals surface area contributed by atoms with Crippen molar-refractivity contribution in [2.24, 2.45) is 0 Å². The minimum atomic E-state index is -4.54. The van der Waals surface area contributed by atoms with Gasteiger partial charge in [-0.3, -0.25) is 9.36 Å². The van der Waals surface area contributed by atoms with Crippen LogP contribution < -0.4 is 4.89 Å². The molecule has 0 bridgehead atoms. The highest BCUT2D eigenvalue weighted by Crippen LogP contribution is 2.38. The predicted molar refractivity (Wildman–Crippen MR) is 222 cm³/mol. The summed E-state index contributed by atoms with van der Waals surface area (Å²) in [4.78, 5) is 25.0. The fourth-order valence-corrected chi connectivity index (χ4v) is 6.82. The largest absolute Gasteiger partial charge is 0.756 e. The van der Waals surface area contributed by atoms with Crippen LogP contribution in [-0.2, 0) is 27.9 Å².